The average Bonchev–Trinajstić information content (AvgIpc) is 2.79. The van der Waals surface area contributed by atoms with Crippen molar-refractivity contribution in [1.29, 1.82) is 0 Å². The van der Waals surface area contributed by atoms with Crippen LogP contribution in [-0.2, 0) is 16.0 Å². The molecule has 1 fully saturated rings. The number of aromatic nitrogens is 1. The molecule has 2 heterocycles. The number of H-pyrrole nitrogens is 1. The third-order valence-corrected chi connectivity index (χ3v) is 3.28. The van der Waals surface area contributed by atoms with E-state index in [4.69, 9.17) is 0 Å². The molecule has 6 nitrogen and oxygen atoms in total. The fourth-order valence-electron chi connectivity index (χ4n) is 2.35. The lowest BCUT2D eigenvalue weighted by molar-refractivity contribution is -0.177. The highest BCUT2D eigenvalue weighted by Crippen LogP contribution is 2.20. The van der Waals surface area contributed by atoms with Crippen LogP contribution in [0.2, 0.25) is 0 Å². The summed E-state index contributed by atoms with van der Waals surface area (Å²) < 4.78 is 0. The predicted molar refractivity (Wildman–Crippen MR) is 67.4 cm³/mol. The number of hydroxylamine groups is 2. The first-order chi connectivity index (χ1) is 9.15. The van der Waals surface area contributed by atoms with E-state index in [1.165, 1.54) is 0 Å². The van der Waals surface area contributed by atoms with Crippen molar-refractivity contribution in [3.05, 3.63) is 36.0 Å². The van der Waals surface area contributed by atoms with Gasteiger partial charge in [0.2, 0.25) is 5.91 Å². The van der Waals surface area contributed by atoms with Gasteiger partial charge in [0, 0.05) is 23.5 Å². The van der Waals surface area contributed by atoms with Crippen molar-refractivity contribution in [3.8, 4) is 0 Å². The van der Waals surface area contributed by atoms with Crippen molar-refractivity contribution in [1.82, 2.24) is 15.4 Å². The zero-order valence-corrected chi connectivity index (χ0v) is 10.1. The van der Waals surface area contributed by atoms with E-state index in [0.717, 1.165) is 16.5 Å². The second kappa shape index (κ2) is 4.40. The van der Waals surface area contributed by atoms with Gasteiger partial charge >= 0.3 is 0 Å². The third-order valence-electron chi connectivity index (χ3n) is 3.28. The standard InChI is InChI=1S/C13H13N3O3/c17-12-7-16(19)13(18)11(15-12)5-8-6-14-10-4-2-1-3-9(8)10/h1-4,6,11,14,19H,5,7H2,(H,15,17)/t11-/m0/s1. The van der Waals surface area contributed by atoms with E-state index >= 15 is 0 Å². The highest BCUT2D eigenvalue weighted by atomic mass is 16.5. The predicted octanol–water partition coefficient (Wildman–Crippen LogP) is 0.427. The molecule has 0 aliphatic carbocycles. The van der Waals surface area contributed by atoms with Crippen LogP contribution in [0.1, 0.15) is 5.56 Å². The summed E-state index contributed by atoms with van der Waals surface area (Å²) in [5, 5.41) is 13.5. The Kier molecular flexibility index (Phi) is 2.72. The van der Waals surface area contributed by atoms with Crippen LogP contribution in [0, 0.1) is 0 Å². The number of hydrogen-bond acceptors (Lipinski definition) is 3. The molecule has 2 amide bonds. The molecular weight excluding hydrogens is 246 g/mol. The van der Waals surface area contributed by atoms with Crippen LogP contribution < -0.4 is 5.32 Å². The molecule has 0 bridgehead atoms. The number of para-hydroxylation sites is 1. The topological polar surface area (TPSA) is 85.4 Å². The number of rotatable bonds is 2. The molecule has 6 heteroatoms. The monoisotopic (exact) mass is 259 g/mol. The first kappa shape index (κ1) is 11.7. The summed E-state index contributed by atoms with van der Waals surface area (Å²) in [7, 11) is 0. The zero-order valence-electron chi connectivity index (χ0n) is 10.1. The number of aromatic amines is 1. The molecule has 0 radical (unpaired) electrons. The second-order valence-corrected chi connectivity index (χ2v) is 4.58. The molecule has 0 spiro atoms. The Balaban J connectivity index is 1.88. The first-order valence-electron chi connectivity index (χ1n) is 6.00. The van der Waals surface area contributed by atoms with Gasteiger partial charge in [-0.05, 0) is 11.6 Å². The summed E-state index contributed by atoms with van der Waals surface area (Å²) in [5.41, 5.74) is 1.91. The van der Waals surface area contributed by atoms with Gasteiger partial charge in [-0.15, -0.1) is 0 Å². The summed E-state index contributed by atoms with van der Waals surface area (Å²) in [6.45, 7) is -0.302. The molecule has 19 heavy (non-hydrogen) atoms. The van der Waals surface area contributed by atoms with Crippen LogP contribution in [0.15, 0.2) is 30.5 Å². The SMILES string of the molecule is O=C1CN(O)C(=O)[C@H](Cc2c[nH]c3ccccc23)N1. The minimum absolute atomic E-state index is 0.302. The zero-order chi connectivity index (χ0) is 13.4. The summed E-state index contributed by atoms with van der Waals surface area (Å²) in [6, 6.07) is 7.02. The maximum atomic E-state index is 11.8. The van der Waals surface area contributed by atoms with E-state index < -0.39 is 11.9 Å². The Bertz CT molecular complexity index is 649. The fraction of sp³-hybridized carbons (Fsp3) is 0.231. The molecule has 3 rings (SSSR count). The van der Waals surface area contributed by atoms with Crippen LogP contribution >= 0.6 is 0 Å². The normalized spacial score (nSPS) is 19.8. The van der Waals surface area contributed by atoms with Crippen molar-refractivity contribution in [2.24, 2.45) is 0 Å². The van der Waals surface area contributed by atoms with Crippen LogP contribution in [0.25, 0.3) is 10.9 Å². The number of carbonyl (C=O) groups is 2. The third kappa shape index (κ3) is 2.06. The van der Waals surface area contributed by atoms with E-state index in [1.54, 1.807) is 0 Å². The van der Waals surface area contributed by atoms with E-state index in [9.17, 15) is 14.8 Å². The number of hydrogen-bond donors (Lipinski definition) is 3. The minimum atomic E-state index is -0.717. The molecule has 1 aliphatic heterocycles. The summed E-state index contributed by atoms with van der Waals surface area (Å²) in [4.78, 5) is 26.2. The fourth-order valence-corrected chi connectivity index (χ4v) is 2.35. The van der Waals surface area contributed by atoms with Gasteiger partial charge in [0.15, 0.2) is 0 Å². The lowest BCUT2D eigenvalue weighted by Gasteiger charge is -2.27. The van der Waals surface area contributed by atoms with Crippen molar-refractivity contribution in [2.75, 3.05) is 6.54 Å². The Morgan fingerprint density at radius 2 is 2.11 bits per heavy atom. The van der Waals surface area contributed by atoms with Gasteiger partial charge in [-0.1, -0.05) is 18.2 Å². The number of piperazine rings is 1. The maximum absolute atomic E-state index is 11.8. The van der Waals surface area contributed by atoms with Gasteiger partial charge in [0.25, 0.3) is 5.91 Å². The van der Waals surface area contributed by atoms with Crippen LogP contribution in [0.5, 0.6) is 0 Å². The molecule has 98 valence electrons. The van der Waals surface area contributed by atoms with E-state index in [-0.39, 0.29) is 12.5 Å². The highest BCUT2D eigenvalue weighted by molar-refractivity contribution is 5.94. The van der Waals surface area contributed by atoms with Crippen molar-refractivity contribution in [2.45, 2.75) is 12.5 Å². The van der Waals surface area contributed by atoms with Gasteiger partial charge in [0.05, 0.1) is 0 Å². The van der Waals surface area contributed by atoms with Crippen LogP contribution in [0.3, 0.4) is 0 Å². The number of benzene rings is 1. The van der Waals surface area contributed by atoms with Crippen molar-refractivity contribution < 1.29 is 14.8 Å². The van der Waals surface area contributed by atoms with Gasteiger partial charge in [-0.3, -0.25) is 14.8 Å². The molecule has 3 N–H and O–H groups in total. The first-order valence-corrected chi connectivity index (χ1v) is 6.00. The van der Waals surface area contributed by atoms with Crippen LogP contribution in [0.4, 0.5) is 0 Å². The van der Waals surface area contributed by atoms with Crippen molar-refractivity contribution in [3.63, 3.8) is 0 Å². The van der Waals surface area contributed by atoms with E-state index in [1.807, 2.05) is 30.5 Å². The van der Waals surface area contributed by atoms with Gasteiger partial charge in [-0.25, -0.2) is 5.06 Å². The van der Waals surface area contributed by atoms with Crippen molar-refractivity contribution >= 4 is 22.7 Å². The smallest absolute Gasteiger partial charge is 0.269 e. The van der Waals surface area contributed by atoms with Crippen LogP contribution in [-0.4, -0.2) is 39.7 Å². The minimum Gasteiger partial charge on any atom is -0.361 e. The Morgan fingerprint density at radius 3 is 2.95 bits per heavy atom. The number of amides is 2. The number of nitrogens with zero attached hydrogens (tertiary/aromatic N) is 1. The summed E-state index contributed by atoms with van der Waals surface area (Å²) >= 11 is 0. The maximum Gasteiger partial charge on any atom is 0.269 e. The van der Waals surface area contributed by atoms with Gasteiger partial charge < -0.3 is 10.3 Å². The lowest BCUT2D eigenvalue weighted by Crippen LogP contribution is -2.57. The quantitative estimate of drug-likeness (QED) is 0.683. The second-order valence-electron chi connectivity index (χ2n) is 4.58. The molecule has 1 atom stereocenters. The number of fused-ring (bicyclic) bond motifs is 1. The highest BCUT2D eigenvalue weighted by Gasteiger charge is 2.32. The average molecular weight is 259 g/mol. The summed E-state index contributed by atoms with van der Waals surface area (Å²) in [5.74, 6) is -0.836. The Hall–Kier alpha value is -2.34. The van der Waals surface area contributed by atoms with E-state index in [0.29, 0.717) is 11.5 Å². The number of nitrogens with one attached hydrogen (secondary N) is 2. The van der Waals surface area contributed by atoms with Gasteiger partial charge in [-0.2, -0.15) is 0 Å². The molecule has 1 saturated heterocycles. The van der Waals surface area contributed by atoms with Gasteiger partial charge in [0.1, 0.15) is 12.6 Å². The van der Waals surface area contributed by atoms with E-state index in [2.05, 4.69) is 10.3 Å². The lowest BCUT2D eigenvalue weighted by atomic mass is 10.0. The molecule has 2 aromatic rings. The number of carbonyl (C=O) groups excluding carboxylic acids is 2. The molecular formula is C13H13N3O3. The largest absolute Gasteiger partial charge is 0.361 e. The molecule has 1 aromatic heterocycles. The molecule has 1 aliphatic rings. The molecule has 1 aromatic carbocycles. The molecule has 0 saturated carbocycles. The Labute approximate surface area is 109 Å². The summed E-state index contributed by atoms with van der Waals surface area (Å²) in [6.07, 6.45) is 2.17. The Morgan fingerprint density at radius 1 is 1.32 bits per heavy atom. The molecule has 0 unspecified atom stereocenters.